The minimum atomic E-state index is -3.69. The third-order valence-corrected chi connectivity index (χ3v) is 2.92. The van der Waals surface area contributed by atoms with Gasteiger partial charge in [0.15, 0.2) is 0 Å². The Bertz CT molecular complexity index is 485. The highest BCUT2D eigenvalue weighted by atomic mass is 19.3. The molecular weight excluding hydrogens is 242 g/mol. The fraction of sp³-hybridized carbons (Fsp3) is 0.333. The summed E-state index contributed by atoms with van der Waals surface area (Å²) in [6.07, 6.45) is 1.23. The van der Waals surface area contributed by atoms with Crippen molar-refractivity contribution in [3.8, 4) is 0 Å². The van der Waals surface area contributed by atoms with Crippen LogP contribution in [0, 0.1) is 0 Å². The Balaban J connectivity index is 2.25. The van der Waals surface area contributed by atoms with Gasteiger partial charge in [-0.1, -0.05) is 12.1 Å². The molecule has 18 heavy (non-hydrogen) atoms. The lowest BCUT2D eigenvalue weighted by Crippen LogP contribution is -2.33. The summed E-state index contributed by atoms with van der Waals surface area (Å²) >= 11 is 0. The minimum absolute atomic E-state index is 0.0237. The summed E-state index contributed by atoms with van der Waals surface area (Å²) in [6, 6.07) is 5.03. The van der Waals surface area contributed by atoms with E-state index >= 15 is 0 Å². The topological polar surface area (TPSA) is 63.4 Å². The third-order valence-electron chi connectivity index (χ3n) is 2.92. The second-order valence-electron chi connectivity index (χ2n) is 4.13. The van der Waals surface area contributed by atoms with Crippen LogP contribution in [0.5, 0.6) is 0 Å². The Kier molecular flexibility index (Phi) is 3.02. The number of rotatable bonds is 3. The molecule has 0 radical (unpaired) electrons. The molecule has 1 aromatic rings. The van der Waals surface area contributed by atoms with E-state index in [4.69, 9.17) is 0 Å². The van der Waals surface area contributed by atoms with Crippen molar-refractivity contribution < 1.29 is 18.4 Å². The third kappa shape index (κ3) is 2.05. The Morgan fingerprint density at radius 1 is 1.28 bits per heavy atom. The van der Waals surface area contributed by atoms with Gasteiger partial charge in [-0.05, 0) is 18.6 Å². The van der Waals surface area contributed by atoms with Crippen molar-refractivity contribution in [1.82, 2.24) is 0 Å². The highest BCUT2D eigenvalue weighted by Crippen LogP contribution is 2.30. The van der Waals surface area contributed by atoms with Gasteiger partial charge < -0.3 is 10.6 Å². The maximum Gasteiger partial charge on any atom is 0.349 e. The molecule has 2 rings (SSSR count). The number of primary amides is 1. The molecule has 0 aliphatic carbocycles. The summed E-state index contributed by atoms with van der Waals surface area (Å²) in [4.78, 5) is 23.6. The number of benzene rings is 1. The molecule has 0 saturated carbocycles. The molecule has 1 aromatic carbocycles. The van der Waals surface area contributed by atoms with Crippen molar-refractivity contribution in [2.75, 3.05) is 11.4 Å². The number of nitrogens with two attached hydrogens (primary N) is 1. The second kappa shape index (κ2) is 4.36. The minimum Gasteiger partial charge on any atom is -0.364 e. The van der Waals surface area contributed by atoms with E-state index < -0.39 is 17.4 Å². The molecule has 0 spiro atoms. The number of amides is 2. The summed E-state index contributed by atoms with van der Waals surface area (Å²) in [5.41, 5.74) is 4.72. The van der Waals surface area contributed by atoms with Gasteiger partial charge in [-0.25, -0.2) is 0 Å². The number of carbonyl (C=O) groups excluding carboxylic acids is 2. The lowest BCUT2D eigenvalue weighted by atomic mass is 10.1. The largest absolute Gasteiger partial charge is 0.364 e. The quantitative estimate of drug-likeness (QED) is 0.885. The average Bonchev–Trinajstić information content (AvgIpc) is 2.75. The SMILES string of the molecule is NC(=O)C(F)(F)c1ccc(N2CCCC2=O)cc1. The molecule has 96 valence electrons. The Labute approximate surface area is 102 Å². The molecule has 1 saturated heterocycles. The predicted octanol–water partition coefficient (Wildman–Crippen LogP) is 1.39. The number of anilines is 1. The summed E-state index contributed by atoms with van der Waals surface area (Å²) in [5, 5.41) is 0. The van der Waals surface area contributed by atoms with E-state index in [0.29, 0.717) is 18.7 Å². The first kappa shape index (κ1) is 12.5. The maximum atomic E-state index is 13.3. The fourth-order valence-electron chi connectivity index (χ4n) is 1.91. The number of nitrogens with zero attached hydrogens (tertiary/aromatic N) is 1. The monoisotopic (exact) mass is 254 g/mol. The molecule has 0 atom stereocenters. The molecule has 6 heteroatoms. The molecule has 0 aromatic heterocycles. The van der Waals surface area contributed by atoms with Crippen molar-refractivity contribution in [2.45, 2.75) is 18.8 Å². The molecule has 4 nitrogen and oxygen atoms in total. The molecule has 0 bridgehead atoms. The van der Waals surface area contributed by atoms with Crippen molar-refractivity contribution in [3.05, 3.63) is 29.8 Å². The molecule has 0 unspecified atom stereocenters. The number of carbonyl (C=O) groups is 2. The molecule has 1 aliphatic rings. The van der Waals surface area contributed by atoms with E-state index in [-0.39, 0.29) is 5.91 Å². The Morgan fingerprint density at radius 3 is 2.33 bits per heavy atom. The molecule has 2 amide bonds. The van der Waals surface area contributed by atoms with E-state index in [2.05, 4.69) is 5.73 Å². The van der Waals surface area contributed by atoms with Crippen molar-refractivity contribution in [3.63, 3.8) is 0 Å². The normalized spacial score (nSPS) is 16.1. The van der Waals surface area contributed by atoms with Crippen LogP contribution in [0.25, 0.3) is 0 Å². The van der Waals surface area contributed by atoms with Crippen LogP contribution in [-0.2, 0) is 15.5 Å². The first-order valence-electron chi connectivity index (χ1n) is 5.51. The zero-order valence-electron chi connectivity index (χ0n) is 9.53. The lowest BCUT2D eigenvalue weighted by Gasteiger charge is -2.17. The van der Waals surface area contributed by atoms with Gasteiger partial charge in [-0.2, -0.15) is 8.78 Å². The van der Waals surface area contributed by atoms with Crippen LogP contribution in [0.3, 0.4) is 0 Å². The summed E-state index contributed by atoms with van der Waals surface area (Å²) < 4.78 is 26.6. The van der Waals surface area contributed by atoms with E-state index in [1.165, 1.54) is 17.0 Å². The van der Waals surface area contributed by atoms with Crippen LogP contribution >= 0.6 is 0 Å². The Hall–Kier alpha value is -1.98. The molecule has 1 fully saturated rings. The van der Waals surface area contributed by atoms with E-state index in [1.54, 1.807) is 0 Å². The van der Waals surface area contributed by atoms with Crippen LogP contribution < -0.4 is 10.6 Å². The van der Waals surface area contributed by atoms with E-state index in [0.717, 1.165) is 18.6 Å². The molecule has 2 N–H and O–H groups in total. The zero-order chi connectivity index (χ0) is 13.3. The predicted molar refractivity (Wildman–Crippen MR) is 61.1 cm³/mol. The van der Waals surface area contributed by atoms with Gasteiger partial charge in [0.25, 0.3) is 5.91 Å². The van der Waals surface area contributed by atoms with Gasteiger partial charge in [-0.3, -0.25) is 9.59 Å². The summed E-state index contributed by atoms with van der Waals surface area (Å²) in [5.74, 6) is -5.40. The van der Waals surface area contributed by atoms with Crippen LogP contribution in [0.1, 0.15) is 18.4 Å². The second-order valence-corrected chi connectivity index (χ2v) is 4.13. The van der Waals surface area contributed by atoms with Crippen LogP contribution in [0.15, 0.2) is 24.3 Å². The summed E-state index contributed by atoms with van der Waals surface area (Å²) in [6.45, 7) is 0.588. The van der Waals surface area contributed by atoms with Gasteiger partial charge >= 0.3 is 5.92 Å². The summed E-state index contributed by atoms with van der Waals surface area (Å²) in [7, 11) is 0. The number of hydrogen-bond donors (Lipinski definition) is 1. The van der Waals surface area contributed by atoms with Crippen LogP contribution in [0.4, 0.5) is 14.5 Å². The molecule has 1 heterocycles. The van der Waals surface area contributed by atoms with Crippen molar-refractivity contribution >= 4 is 17.5 Å². The van der Waals surface area contributed by atoms with Gasteiger partial charge in [0.1, 0.15) is 0 Å². The van der Waals surface area contributed by atoms with Gasteiger partial charge in [0, 0.05) is 24.2 Å². The molecular formula is C12H12F2N2O2. The number of hydrogen-bond acceptors (Lipinski definition) is 2. The van der Waals surface area contributed by atoms with Crippen molar-refractivity contribution in [1.29, 1.82) is 0 Å². The Morgan fingerprint density at radius 2 is 1.89 bits per heavy atom. The molecule has 1 aliphatic heterocycles. The standard InChI is InChI=1S/C12H12F2N2O2/c13-12(14,11(15)18)8-3-5-9(6-4-8)16-7-1-2-10(16)17/h3-6H,1-2,7H2,(H2,15,18). The van der Waals surface area contributed by atoms with Crippen molar-refractivity contribution in [2.24, 2.45) is 5.73 Å². The maximum absolute atomic E-state index is 13.3. The fourth-order valence-corrected chi connectivity index (χ4v) is 1.91. The van der Waals surface area contributed by atoms with Gasteiger partial charge in [-0.15, -0.1) is 0 Å². The lowest BCUT2D eigenvalue weighted by molar-refractivity contribution is -0.143. The zero-order valence-corrected chi connectivity index (χ0v) is 9.53. The van der Waals surface area contributed by atoms with Crippen LogP contribution in [-0.4, -0.2) is 18.4 Å². The first-order chi connectivity index (χ1) is 8.43. The van der Waals surface area contributed by atoms with Gasteiger partial charge in [0.2, 0.25) is 5.91 Å². The van der Waals surface area contributed by atoms with E-state index in [1.807, 2.05) is 0 Å². The van der Waals surface area contributed by atoms with Gasteiger partial charge in [0.05, 0.1) is 0 Å². The van der Waals surface area contributed by atoms with Crippen LogP contribution in [0.2, 0.25) is 0 Å². The number of alkyl halides is 2. The average molecular weight is 254 g/mol. The smallest absolute Gasteiger partial charge is 0.349 e. The first-order valence-corrected chi connectivity index (χ1v) is 5.51. The van der Waals surface area contributed by atoms with E-state index in [9.17, 15) is 18.4 Å². The highest BCUT2D eigenvalue weighted by molar-refractivity contribution is 5.95. The number of halogens is 2. The highest BCUT2D eigenvalue weighted by Gasteiger charge is 2.38.